The molecule has 0 aromatic carbocycles. The summed E-state index contributed by atoms with van der Waals surface area (Å²) < 4.78 is 0. The SMILES string of the molecule is CCC1CCN(CC(N[N+](C)([O-])O)C(C)(C)C)CC1. The molecule has 5 heteroatoms. The van der Waals surface area contributed by atoms with Crippen LogP contribution in [0.2, 0.25) is 0 Å². The third kappa shape index (κ3) is 6.19. The van der Waals surface area contributed by atoms with Crippen LogP contribution in [-0.2, 0) is 0 Å². The normalized spacial score (nSPS) is 24.2. The smallest absolute Gasteiger partial charge is 0.118 e. The molecule has 5 nitrogen and oxygen atoms in total. The standard InChI is InChI=1S/C14H31N3O2/c1-6-12-7-9-16(10-8-12)11-13(14(2,3)4)15-17(5,18)19/h12-13,15,18H,6-11H2,1-5H3. The lowest BCUT2D eigenvalue weighted by molar-refractivity contribution is -1.09. The number of hydroxylamine groups is 2. The van der Waals surface area contributed by atoms with Crippen LogP contribution in [0.3, 0.4) is 0 Å². The second kappa shape index (κ2) is 6.50. The fourth-order valence-corrected chi connectivity index (χ4v) is 2.63. The lowest BCUT2D eigenvalue weighted by Crippen LogP contribution is -2.60. The zero-order valence-electron chi connectivity index (χ0n) is 13.1. The molecular weight excluding hydrogens is 242 g/mol. The number of hydrogen-bond donors (Lipinski definition) is 2. The molecule has 2 atom stereocenters. The van der Waals surface area contributed by atoms with Crippen LogP contribution in [0.1, 0.15) is 47.0 Å². The maximum absolute atomic E-state index is 11.5. The molecule has 0 amide bonds. The van der Waals surface area contributed by atoms with E-state index in [0.717, 1.165) is 25.6 Å². The summed E-state index contributed by atoms with van der Waals surface area (Å²) in [6.45, 7) is 11.6. The highest BCUT2D eigenvalue weighted by Gasteiger charge is 2.32. The number of likely N-dealkylation sites (tertiary alicyclic amines) is 1. The van der Waals surface area contributed by atoms with E-state index in [1.54, 1.807) is 0 Å². The van der Waals surface area contributed by atoms with Gasteiger partial charge in [-0.05, 0) is 37.3 Å². The molecule has 0 radical (unpaired) electrons. The summed E-state index contributed by atoms with van der Waals surface area (Å²) in [7, 11) is 1.21. The minimum atomic E-state index is -1.42. The molecule has 0 spiro atoms. The molecular formula is C14H31N3O2. The molecule has 1 saturated heterocycles. The second-order valence-electron chi connectivity index (χ2n) is 7.08. The molecule has 1 aliphatic rings. The maximum atomic E-state index is 11.5. The first kappa shape index (κ1) is 16.9. The van der Waals surface area contributed by atoms with E-state index >= 15 is 0 Å². The van der Waals surface area contributed by atoms with Gasteiger partial charge in [0.1, 0.15) is 7.05 Å². The van der Waals surface area contributed by atoms with Gasteiger partial charge < -0.3 is 10.1 Å². The quantitative estimate of drug-likeness (QED) is 0.596. The number of hydrogen-bond acceptors (Lipinski definition) is 4. The lowest BCUT2D eigenvalue weighted by atomic mass is 9.86. The highest BCUT2D eigenvalue weighted by Crippen LogP contribution is 2.24. The van der Waals surface area contributed by atoms with Crippen molar-refractivity contribution in [3.05, 3.63) is 5.21 Å². The van der Waals surface area contributed by atoms with Crippen molar-refractivity contribution in [1.82, 2.24) is 10.3 Å². The lowest BCUT2D eigenvalue weighted by Gasteiger charge is -2.42. The van der Waals surface area contributed by atoms with Crippen LogP contribution in [0.25, 0.3) is 0 Å². The van der Waals surface area contributed by atoms with Crippen molar-refractivity contribution in [3.8, 4) is 0 Å². The summed E-state index contributed by atoms with van der Waals surface area (Å²) in [6.07, 6.45) is 3.76. The van der Waals surface area contributed by atoms with Gasteiger partial charge in [0, 0.05) is 6.54 Å². The molecule has 0 bridgehead atoms. The predicted molar refractivity (Wildman–Crippen MR) is 77.2 cm³/mol. The van der Waals surface area contributed by atoms with Gasteiger partial charge >= 0.3 is 0 Å². The number of rotatable bonds is 5. The molecule has 0 aliphatic carbocycles. The van der Waals surface area contributed by atoms with Crippen molar-refractivity contribution in [1.29, 1.82) is 0 Å². The Hall–Kier alpha value is -0.200. The molecule has 0 aromatic heterocycles. The molecule has 1 fully saturated rings. The topological polar surface area (TPSA) is 58.6 Å². The average molecular weight is 273 g/mol. The van der Waals surface area contributed by atoms with Crippen LogP contribution >= 0.6 is 0 Å². The van der Waals surface area contributed by atoms with Crippen LogP contribution < -0.4 is 5.43 Å². The number of piperidine rings is 1. The van der Waals surface area contributed by atoms with Crippen molar-refractivity contribution in [2.45, 2.75) is 53.0 Å². The zero-order valence-corrected chi connectivity index (χ0v) is 13.1. The van der Waals surface area contributed by atoms with Crippen LogP contribution in [0.15, 0.2) is 0 Å². The third-order valence-electron chi connectivity index (χ3n) is 4.17. The first-order valence-electron chi connectivity index (χ1n) is 7.42. The van der Waals surface area contributed by atoms with Crippen LogP contribution in [-0.4, -0.2) is 47.7 Å². The molecule has 19 heavy (non-hydrogen) atoms. The van der Waals surface area contributed by atoms with E-state index in [1.807, 2.05) is 0 Å². The van der Waals surface area contributed by atoms with Gasteiger partial charge in [-0.3, -0.25) is 0 Å². The Balaban J connectivity index is 2.54. The molecule has 2 unspecified atom stereocenters. The van der Waals surface area contributed by atoms with Crippen LogP contribution in [0.5, 0.6) is 0 Å². The van der Waals surface area contributed by atoms with Crippen molar-refractivity contribution in [2.75, 3.05) is 26.7 Å². The van der Waals surface area contributed by atoms with E-state index in [1.165, 1.54) is 26.3 Å². The molecule has 1 rings (SSSR count). The first-order valence-corrected chi connectivity index (χ1v) is 7.42. The fraction of sp³-hybridized carbons (Fsp3) is 1.00. The van der Waals surface area contributed by atoms with Gasteiger partial charge in [-0.1, -0.05) is 34.1 Å². The minimum Gasteiger partial charge on any atom is -0.578 e. The van der Waals surface area contributed by atoms with E-state index in [2.05, 4.69) is 38.0 Å². The van der Waals surface area contributed by atoms with Crippen LogP contribution in [0.4, 0.5) is 0 Å². The predicted octanol–water partition coefficient (Wildman–Crippen LogP) is 2.36. The molecule has 0 aromatic rings. The Bertz CT molecular complexity index is 263. The molecule has 1 aliphatic heterocycles. The Morgan fingerprint density at radius 2 is 1.89 bits per heavy atom. The maximum Gasteiger partial charge on any atom is 0.118 e. The van der Waals surface area contributed by atoms with Gasteiger partial charge in [-0.15, -0.1) is 10.3 Å². The zero-order chi connectivity index (χ0) is 14.7. The third-order valence-corrected chi connectivity index (χ3v) is 4.17. The second-order valence-corrected chi connectivity index (χ2v) is 7.08. The van der Waals surface area contributed by atoms with Gasteiger partial charge in [0.25, 0.3) is 0 Å². The Kier molecular flexibility index (Phi) is 5.77. The van der Waals surface area contributed by atoms with E-state index in [-0.39, 0.29) is 11.5 Å². The summed E-state index contributed by atoms with van der Waals surface area (Å²) in [5, 5.41) is 20.9. The van der Waals surface area contributed by atoms with Crippen molar-refractivity contribution in [2.24, 2.45) is 11.3 Å². The summed E-state index contributed by atoms with van der Waals surface area (Å²) >= 11 is 0. The Morgan fingerprint density at radius 3 is 2.26 bits per heavy atom. The largest absolute Gasteiger partial charge is 0.578 e. The summed E-state index contributed by atoms with van der Waals surface area (Å²) in [5.41, 5.74) is 2.70. The average Bonchev–Trinajstić information content (AvgIpc) is 2.26. The van der Waals surface area contributed by atoms with Crippen LogP contribution in [0, 0.1) is 16.5 Å². The van der Waals surface area contributed by atoms with Gasteiger partial charge in [0.2, 0.25) is 0 Å². The highest BCUT2D eigenvalue weighted by molar-refractivity contribution is 4.83. The molecule has 0 saturated carbocycles. The summed E-state index contributed by atoms with van der Waals surface area (Å²) in [6, 6.07) is -0.0295. The first-order chi connectivity index (χ1) is 8.62. The number of nitrogens with zero attached hydrogens (tertiary/aromatic N) is 2. The van der Waals surface area contributed by atoms with Gasteiger partial charge in [0.15, 0.2) is 0 Å². The number of quaternary nitrogens is 1. The van der Waals surface area contributed by atoms with E-state index in [4.69, 9.17) is 0 Å². The number of nitrogens with one attached hydrogen (secondary N) is 1. The van der Waals surface area contributed by atoms with Gasteiger partial charge in [0.05, 0.1) is 6.04 Å². The Morgan fingerprint density at radius 1 is 1.37 bits per heavy atom. The van der Waals surface area contributed by atoms with Gasteiger partial charge in [-0.25, -0.2) is 0 Å². The fourth-order valence-electron chi connectivity index (χ4n) is 2.63. The molecule has 2 N–H and O–H groups in total. The van der Waals surface area contributed by atoms with E-state index < -0.39 is 4.92 Å². The monoisotopic (exact) mass is 273 g/mol. The minimum absolute atomic E-state index is 0.0295. The molecule has 1 heterocycles. The molecule has 114 valence electrons. The van der Waals surface area contributed by atoms with E-state index in [0.29, 0.717) is 0 Å². The van der Waals surface area contributed by atoms with E-state index in [9.17, 15) is 10.4 Å². The van der Waals surface area contributed by atoms with Crippen molar-refractivity contribution in [3.63, 3.8) is 0 Å². The van der Waals surface area contributed by atoms with Crippen molar-refractivity contribution < 1.29 is 10.1 Å². The van der Waals surface area contributed by atoms with Gasteiger partial charge in [-0.2, -0.15) is 5.21 Å². The summed E-state index contributed by atoms with van der Waals surface area (Å²) in [4.78, 5) is 0.984. The Labute approximate surface area is 117 Å². The summed E-state index contributed by atoms with van der Waals surface area (Å²) in [5.74, 6) is 0.857. The highest BCUT2D eigenvalue weighted by atomic mass is 16.9. The van der Waals surface area contributed by atoms with Crippen molar-refractivity contribution >= 4 is 0 Å².